The van der Waals surface area contributed by atoms with Gasteiger partial charge in [0.25, 0.3) is 0 Å². The molecule has 6 aromatic rings. The Hall–Kier alpha value is -5.39. The predicted octanol–water partition coefficient (Wildman–Crippen LogP) is 3.66. The average molecular weight is 576 g/mol. The number of aromatic nitrogens is 6. The molecule has 11 heteroatoms. The second-order valence-electron chi connectivity index (χ2n) is 10.4. The van der Waals surface area contributed by atoms with E-state index in [-0.39, 0.29) is 42.1 Å². The van der Waals surface area contributed by atoms with Crippen LogP contribution in [0.15, 0.2) is 84.9 Å². The molecule has 43 heavy (non-hydrogen) atoms. The fourth-order valence-electron chi connectivity index (χ4n) is 5.04. The summed E-state index contributed by atoms with van der Waals surface area (Å²) in [5.41, 5.74) is 11.6. The standard InChI is InChI=1S/C32H29N7O4/c1-18(2)30(41)29(40)15-19-11-21(31(42)27(13-19)38-34-23-7-3-4-8-24(23)35-38)16-22-12-20(17-33)14-28(32(22)43)39-36-25-9-5-6-10-26(25)37-39/h3-14,29,40,42-43H,1,15-17,33H2,2H3. The van der Waals surface area contributed by atoms with Crippen LogP contribution in [0.4, 0.5) is 0 Å². The van der Waals surface area contributed by atoms with Crippen molar-refractivity contribution in [2.45, 2.75) is 32.4 Å². The molecule has 2 aromatic heterocycles. The van der Waals surface area contributed by atoms with E-state index in [0.717, 1.165) is 5.56 Å². The van der Waals surface area contributed by atoms with Gasteiger partial charge in [-0.25, -0.2) is 0 Å². The van der Waals surface area contributed by atoms with Gasteiger partial charge in [0, 0.05) is 30.5 Å². The zero-order chi connectivity index (χ0) is 30.2. The van der Waals surface area contributed by atoms with Crippen molar-refractivity contribution in [3.8, 4) is 22.9 Å². The van der Waals surface area contributed by atoms with Gasteiger partial charge in [0.15, 0.2) is 5.78 Å². The minimum absolute atomic E-state index is 0.0311. The summed E-state index contributed by atoms with van der Waals surface area (Å²) >= 11 is 0. The van der Waals surface area contributed by atoms with Gasteiger partial charge in [-0.2, -0.15) is 0 Å². The van der Waals surface area contributed by atoms with Crippen molar-refractivity contribution in [2.75, 3.05) is 0 Å². The van der Waals surface area contributed by atoms with Crippen LogP contribution in [0.1, 0.15) is 29.2 Å². The van der Waals surface area contributed by atoms with Crippen molar-refractivity contribution < 1.29 is 20.1 Å². The number of fused-ring (bicyclic) bond motifs is 2. The Balaban J connectivity index is 1.47. The van der Waals surface area contributed by atoms with E-state index >= 15 is 0 Å². The molecule has 0 aliphatic carbocycles. The molecule has 0 saturated carbocycles. The van der Waals surface area contributed by atoms with Crippen molar-refractivity contribution in [2.24, 2.45) is 5.73 Å². The molecule has 1 atom stereocenters. The van der Waals surface area contributed by atoms with Gasteiger partial charge in [-0.15, -0.1) is 30.0 Å². The van der Waals surface area contributed by atoms with Crippen LogP contribution in [0, 0.1) is 0 Å². The summed E-state index contributed by atoms with van der Waals surface area (Å²) in [5, 5.41) is 51.6. The first kappa shape index (κ1) is 27.8. The van der Waals surface area contributed by atoms with E-state index in [4.69, 9.17) is 5.73 Å². The molecule has 0 saturated heterocycles. The number of nitrogens with two attached hydrogens (primary N) is 1. The Bertz CT molecular complexity index is 1960. The third kappa shape index (κ3) is 5.34. The topological polar surface area (TPSA) is 165 Å². The number of carbonyl (C=O) groups is 1. The van der Waals surface area contributed by atoms with Crippen LogP contribution < -0.4 is 5.73 Å². The summed E-state index contributed by atoms with van der Waals surface area (Å²) in [6.07, 6.45) is -1.28. The SMILES string of the molecule is C=C(C)C(=O)C(O)Cc1cc(Cc2cc(CN)cc(-n3nc4ccccc4n3)c2O)c(O)c(-n2nc3ccccc3n2)c1. The van der Waals surface area contributed by atoms with E-state index in [9.17, 15) is 20.1 Å². The Morgan fingerprint density at radius 2 is 1.21 bits per heavy atom. The summed E-state index contributed by atoms with van der Waals surface area (Å²) in [6.45, 7) is 5.38. The quantitative estimate of drug-likeness (QED) is 0.188. The van der Waals surface area contributed by atoms with Crippen molar-refractivity contribution in [3.63, 3.8) is 0 Å². The number of rotatable bonds is 9. The number of aliphatic hydroxyl groups is 1. The molecule has 0 fully saturated rings. The highest BCUT2D eigenvalue weighted by Gasteiger charge is 2.22. The normalized spacial score (nSPS) is 12.2. The Labute approximate surface area is 246 Å². The zero-order valence-electron chi connectivity index (χ0n) is 23.3. The first-order chi connectivity index (χ1) is 20.7. The molecule has 0 radical (unpaired) electrons. The molecule has 0 spiro atoms. The van der Waals surface area contributed by atoms with Gasteiger partial charge >= 0.3 is 0 Å². The van der Waals surface area contributed by atoms with Crippen LogP contribution in [0.3, 0.4) is 0 Å². The van der Waals surface area contributed by atoms with E-state index in [1.807, 2.05) is 36.4 Å². The lowest BCUT2D eigenvalue weighted by Crippen LogP contribution is -2.23. The molecule has 1 unspecified atom stereocenters. The highest BCUT2D eigenvalue weighted by atomic mass is 16.3. The number of ketones is 1. The molecule has 0 aliphatic heterocycles. The van der Waals surface area contributed by atoms with Gasteiger partial charge in [-0.05, 0) is 60.0 Å². The smallest absolute Gasteiger partial charge is 0.186 e. The predicted molar refractivity (Wildman–Crippen MR) is 161 cm³/mol. The first-order valence-electron chi connectivity index (χ1n) is 13.6. The Kier molecular flexibility index (Phi) is 7.18. The molecule has 5 N–H and O–H groups in total. The molecular formula is C32H29N7O4. The monoisotopic (exact) mass is 575 g/mol. The number of carbonyl (C=O) groups excluding carboxylic acids is 1. The van der Waals surface area contributed by atoms with Gasteiger partial charge in [0.2, 0.25) is 0 Å². The van der Waals surface area contributed by atoms with E-state index in [1.165, 1.54) is 9.59 Å². The maximum absolute atomic E-state index is 12.4. The van der Waals surface area contributed by atoms with E-state index < -0.39 is 11.9 Å². The van der Waals surface area contributed by atoms with Crippen LogP contribution in [0.2, 0.25) is 0 Å². The number of aliphatic hydroxyl groups excluding tert-OH is 1. The Morgan fingerprint density at radius 3 is 1.63 bits per heavy atom. The number of hydrogen-bond donors (Lipinski definition) is 4. The second kappa shape index (κ2) is 11.1. The highest BCUT2D eigenvalue weighted by molar-refractivity contribution is 5.97. The summed E-state index contributed by atoms with van der Waals surface area (Å²) in [6, 6.07) is 21.5. The average Bonchev–Trinajstić information content (AvgIpc) is 3.63. The zero-order valence-corrected chi connectivity index (χ0v) is 23.3. The maximum atomic E-state index is 12.4. The molecular weight excluding hydrogens is 546 g/mol. The fraction of sp³-hybridized carbons (Fsp3) is 0.156. The largest absolute Gasteiger partial charge is 0.505 e. The Morgan fingerprint density at radius 1 is 0.791 bits per heavy atom. The molecule has 4 aromatic carbocycles. The minimum atomic E-state index is -1.33. The van der Waals surface area contributed by atoms with Crippen LogP contribution in [-0.4, -0.2) is 57.2 Å². The van der Waals surface area contributed by atoms with Gasteiger partial charge < -0.3 is 21.1 Å². The van der Waals surface area contributed by atoms with Crippen molar-refractivity contribution in [1.82, 2.24) is 30.0 Å². The molecule has 6 rings (SSSR count). The van der Waals surface area contributed by atoms with Gasteiger partial charge in [-0.3, -0.25) is 4.79 Å². The van der Waals surface area contributed by atoms with E-state index in [0.29, 0.717) is 44.4 Å². The molecule has 216 valence electrons. The molecule has 0 amide bonds. The summed E-state index contributed by atoms with van der Waals surface area (Å²) in [4.78, 5) is 15.1. The summed E-state index contributed by atoms with van der Waals surface area (Å²) in [5.74, 6) is -0.674. The van der Waals surface area contributed by atoms with Crippen LogP contribution in [0.25, 0.3) is 33.4 Å². The lowest BCUT2D eigenvalue weighted by Gasteiger charge is -2.16. The number of phenols is 2. The van der Waals surface area contributed by atoms with Crippen LogP contribution >= 0.6 is 0 Å². The lowest BCUT2D eigenvalue weighted by molar-refractivity contribution is -0.123. The number of hydrogen-bond acceptors (Lipinski definition) is 9. The van der Waals surface area contributed by atoms with Crippen molar-refractivity contribution in [1.29, 1.82) is 0 Å². The molecule has 11 nitrogen and oxygen atoms in total. The number of benzene rings is 4. The third-order valence-corrected chi connectivity index (χ3v) is 7.23. The van der Waals surface area contributed by atoms with Crippen LogP contribution in [-0.2, 0) is 24.2 Å². The number of phenolic OH excluding ortho intramolecular Hbond substituents is 2. The van der Waals surface area contributed by atoms with Gasteiger partial charge in [-0.1, -0.05) is 43.0 Å². The van der Waals surface area contributed by atoms with E-state index in [1.54, 1.807) is 43.3 Å². The molecule has 0 bridgehead atoms. The van der Waals surface area contributed by atoms with Gasteiger partial charge in [0.1, 0.15) is 51.0 Å². The van der Waals surface area contributed by atoms with Crippen molar-refractivity contribution in [3.05, 3.63) is 107 Å². The first-order valence-corrected chi connectivity index (χ1v) is 13.6. The lowest BCUT2D eigenvalue weighted by atomic mass is 9.95. The molecule has 0 aliphatic rings. The highest BCUT2D eigenvalue weighted by Crippen LogP contribution is 2.35. The minimum Gasteiger partial charge on any atom is -0.505 e. The fourth-order valence-corrected chi connectivity index (χ4v) is 5.04. The second-order valence-corrected chi connectivity index (χ2v) is 10.4. The number of aromatic hydroxyl groups is 2. The third-order valence-electron chi connectivity index (χ3n) is 7.23. The van der Waals surface area contributed by atoms with Gasteiger partial charge in [0.05, 0.1) is 0 Å². The van der Waals surface area contributed by atoms with Crippen molar-refractivity contribution >= 4 is 27.9 Å². The number of nitrogens with zero attached hydrogens (tertiary/aromatic N) is 6. The number of Topliss-reactive ketones (excluding diaryl/α,β-unsaturated/α-hetero) is 1. The summed E-state index contributed by atoms with van der Waals surface area (Å²) in [7, 11) is 0. The summed E-state index contributed by atoms with van der Waals surface area (Å²) < 4.78 is 0. The molecule has 2 heterocycles. The van der Waals surface area contributed by atoms with Crippen LogP contribution in [0.5, 0.6) is 11.5 Å². The van der Waals surface area contributed by atoms with E-state index in [2.05, 4.69) is 27.0 Å². The maximum Gasteiger partial charge on any atom is 0.186 e.